The monoisotopic (exact) mass is 285 g/mol. The maximum atomic E-state index is 12.5. The van der Waals surface area contributed by atoms with Crippen molar-refractivity contribution in [3.8, 4) is 0 Å². The summed E-state index contributed by atoms with van der Waals surface area (Å²) in [4.78, 5) is 21.4. The number of fused-ring (bicyclic) bond motifs is 1. The molecule has 4 heteroatoms. The molecule has 3 fully saturated rings. The summed E-state index contributed by atoms with van der Waals surface area (Å²) in [7, 11) is 0. The van der Waals surface area contributed by atoms with Crippen LogP contribution in [0.5, 0.6) is 0 Å². The van der Waals surface area contributed by atoms with Crippen molar-refractivity contribution in [3.63, 3.8) is 0 Å². The minimum absolute atomic E-state index is 0.344. The lowest BCUT2D eigenvalue weighted by molar-refractivity contribution is -0.137. The molecule has 2 unspecified atom stereocenters. The van der Waals surface area contributed by atoms with Gasteiger partial charge in [-0.2, -0.15) is 0 Å². The van der Waals surface area contributed by atoms with Gasteiger partial charge in [-0.05, 0) is 43.2 Å². The van der Waals surface area contributed by atoms with E-state index in [0.29, 0.717) is 11.8 Å². The molecular weight excluding hydrogens is 262 g/mol. The molecule has 1 aromatic rings. The third-order valence-corrected chi connectivity index (χ3v) is 5.39. The number of amides is 1. The normalized spacial score (nSPS) is 32.0. The van der Waals surface area contributed by atoms with Crippen molar-refractivity contribution in [2.24, 2.45) is 17.8 Å². The number of carbonyl (C=O) groups is 1. The Morgan fingerprint density at radius 2 is 1.86 bits per heavy atom. The lowest BCUT2D eigenvalue weighted by Gasteiger charge is -2.36. The van der Waals surface area contributed by atoms with Gasteiger partial charge in [0.25, 0.3) is 0 Å². The Hall–Kier alpha value is -1.42. The third kappa shape index (κ3) is 2.82. The first-order valence-electron chi connectivity index (χ1n) is 8.20. The minimum Gasteiger partial charge on any atom is -0.340 e. The Bertz CT molecular complexity index is 500. The average Bonchev–Trinajstić information content (AvgIpc) is 3.14. The lowest BCUT2D eigenvalue weighted by atomic mass is 10.0. The fraction of sp³-hybridized carbons (Fsp3) is 0.647. The average molecular weight is 285 g/mol. The maximum Gasteiger partial charge on any atom is 0.225 e. The van der Waals surface area contributed by atoms with Gasteiger partial charge in [0.05, 0.1) is 5.69 Å². The second-order valence-corrected chi connectivity index (χ2v) is 6.85. The summed E-state index contributed by atoms with van der Waals surface area (Å²) in [6, 6.07) is 6.06. The van der Waals surface area contributed by atoms with Crippen molar-refractivity contribution >= 4 is 5.91 Å². The molecule has 3 aliphatic rings. The minimum atomic E-state index is 0.344. The first kappa shape index (κ1) is 13.3. The van der Waals surface area contributed by atoms with E-state index in [2.05, 4.69) is 20.9 Å². The predicted octanol–water partition coefficient (Wildman–Crippen LogP) is 1.77. The van der Waals surface area contributed by atoms with Crippen LogP contribution >= 0.6 is 0 Å². The van der Waals surface area contributed by atoms with Gasteiger partial charge < -0.3 is 4.90 Å². The summed E-state index contributed by atoms with van der Waals surface area (Å²) in [5.74, 6) is 2.56. The van der Waals surface area contributed by atoms with Gasteiger partial charge in [-0.25, -0.2) is 0 Å². The number of aromatic nitrogens is 1. The molecule has 0 bridgehead atoms. The van der Waals surface area contributed by atoms with Gasteiger partial charge in [0.15, 0.2) is 0 Å². The van der Waals surface area contributed by atoms with Crippen LogP contribution in [0, 0.1) is 17.8 Å². The van der Waals surface area contributed by atoms with Crippen LogP contribution in [0.3, 0.4) is 0 Å². The topological polar surface area (TPSA) is 36.4 Å². The molecule has 4 rings (SSSR count). The molecule has 1 amide bonds. The summed E-state index contributed by atoms with van der Waals surface area (Å²) in [6.07, 6.45) is 5.57. The molecule has 2 heterocycles. The molecule has 0 N–H and O–H groups in total. The van der Waals surface area contributed by atoms with Gasteiger partial charge >= 0.3 is 0 Å². The van der Waals surface area contributed by atoms with Gasteiger partial charge in [-0.1, -0.05) is 6.07 Å². The Morgan fingerprint density at radius 1 is 1.10 bits per heavy atom. The van der Waals surface area contributed by atoms with Crippen molar-refractivity contribution in [1.82, 2.24) is 14.8 Å². The van der Waals surface area contributed by atoms with Crippen LogP contribution in [0.1, 0.15) is 25.0 Å². The molecule has 1 aliphatic heterocycles. The first-order valence-corrected chi connectivity index (χ1v) is 8.20. The molecule has 21 heavy (non-hydrogen) atoms. The van der Waals surface area contributed by atoms with Gasteiger partial charge in [0, 0.05) is 44.8 Å². The van der Waals surface area contributed by atoms with Gasteiger partial charge in [-0.15, -0.1) is 0 Å². The molecule has 1 aromatic heterocycles. The molecule has 2 saturated carbocycles. The zero-order valence-corrected chi connectivity index (χ0v) is 12.4. The molecule has 1 saturated heterocycles. The van der Waals surface area contributed by atoms with Crippen molar-refractivity contribution in [2.45, 2.75) is 25.8 Å². The highest BCUT2D eigenvalue weighted by molar-refractivity contribution is 5.79. The van der Waals surface area contributed by atoms with Crippen molar-refractivity contribution in [1.29, 1.82) is 0 Å². The summed E-state index contributed by atoms with van der Waals surface area (Å²) >= 11 is 0. The number of nitrogens with zero attached hydrogens (tertiary/aromatic N) is 3. The Morgan fingerprint density at radius 3 is 2.52 bits per heavy atom. The van der Waals surface area contributed by atoms with Crippen LogP contribution in [-0.4, -0.2) is 46.9 Å². The van der Waals surface area contributed by atoms with Crippen LogP contribution in [0.15, 0.2) is 24.4 Å². The van der Waals surface area contributed by atoms with Gasteiger partial charge in [0.2, 0.25) is 5.91 Å². The van der Waals surface area contributed by atoms with E-state index >= 15 is 0 Å². The lowest BCUT2D eigenvalue weighted by Crippen LogP contribution is -2.49. The number of hydrogen-bond donors (Lipinski definition) is 0. The van der Waals surface area contributed by atoms with E-state index in [9.17, 15) is 4.79 Å². The number of hydrogen-bond acceptors (Lipinski definition) is 3. The van der Waals surface area contributed by atoms with E-state index in [1.54, 1.807) is 0 Å². The smallest absolute Gasteiger partial charge is 0.225 e. The summed E-state index contributed by atoms with van der Waals surface area (Å²) in [5.41, 5.74) is 1.12. The second kappa shape index (κ2) is 5.41. The van der Waals surface area contributed by atoms with E-state index in [0.717, 1.165) is 63.1 Å². The standard InChI is InChI=1S/C17H23N3O/c21-17(15-10-13-9-14(13)11-15)20-7-5-19(6-8-20)12-16-3-1-2-4-18-16/h1-4,13-15H,5-12H2. The van der Waals surface area contributed by atoms with E-state index < -0.39 is 0 Å². The molecule has 112 valence electrons. The van der Waals surface area contributed by atoms with Crippen LogP contribution in [0.4, 0.5) is 0 Å². The molecule has 0 aromatic carbocycles. The van der Waals surface area contributed by atoms with E-state index in [-0.39, 0.29) is 0 Å². The van der Waals surface area contributed by atoms with Gasteiger partial charge in [-0.3, -0.25) is 14.7 Å². The van der Waals surface area contributed by atoms with Crippen molar-refractivity contribution in [3.05, 3.63) is 30.1 Å². The van der Waals surface area contributed by atoms with E-state index in [1.807, 2.05) is 18.3 Å². The molecule has 0 radical (unpaired) electrons. The SMILES string of the molecule is O=C(C1CC2CC2C1)N1CCN(Cc2ccccn2)CC1. The Labute approximate surface area is 126 Å². The largest absolute Gasteiger partial charge is 0.340 e. The van der Waals surface area contributed by atoms with E-state index in [1.165, 1.54) is 6.42 Å². The van der Waals surface area contributed by atoms with E-state index in [4.69, 9.17) is 0 Å². The van der Waals surface area contributed by atoms with Crippen molar-refractivity contribution in [2.75, 3.05) is 26.2 Å². The quantitative estimate of drug-likeness (QED) is 0.849. The van der Waals surface area contributed by atoms with Crippen LogP contribution in [-0.2, 0) is 11.3 Å². The summed E-state index contributed by atoms with van der Waals surface area (Å²) in [6.45, 7) is 4.62. The molecule has 4 nitrogen and oxygen atoms in total. The highest BCUT2D eigenvalue weighted by Crippen LogP contribution is 2.54. The zero-order chi connectivity index (χ0) is 14.2. The van der Waals surface area contributed by atoms with Crippen LogP contribution in [0.2, 0.25) is 0 Å². The van der Waals surface area contributed by atoms with Crippen LogP contribution < -0.4 is 0 Å². The molecular formula is C17H23N3O. The van der Waals surface area contributed by atoms with Crippen molar-refractivity contribution < 1.29 is 4.79 Å². The third-order valence-electron chi connectivity index (χ3n) is 5.39. The Kier molecular flexibility index (Phi) is 3.42. The fourth-order valence-corrected chi connectivity index (χ4v) is 4.02. The number of carbonyl (C=O) groups excluding carboxylic acids is 1. The Balaban J connectivity index is 1.27. The predicted molar refractivity (Wildman–Crippen MR) is 80.4 cm³/mol. The second-order valence-electron chi connectivity index (χ2n) is 6.85. The number of piperazine rings is 1. The van der Waals surface area contributed by atoms with Gasteiger partial charge in [0.1, 0.15) is 0 Å². The first-order chi connectivity index (χ1) is 10.3. The molecule has 0 spiro atoms. The fourth-order valence-electron chi connectivity index (χ4n) is 4.02. The number of pyridine rings is 1. The molecule has 2 aliphatic carbocycles. The highest BCUT2D eigenvalue weighted by atomic mass is 16.2. The van der Waals surface area contributed by atoms with Crippen LogP contribution in [0.25, 0.3) is 0 Å². The number of rotatable bonds is 3. The highest BCUT2D eigenvalue weighted by Gasteiger charge is 2.48. The summed E-state index contributed by atoms with van der Waals surface area (Å²) < 4.78 is 0. The summed E-state index contributed by atoms with van der Waals surface area (Å²) in [5, 5.41) is 0. The zero-order valence-electron chi connectivity index (χ0n) is 12.4. The maximum absolute atomic E-state index is 12.5. The molecule has 2 atom stereocenters.